The van der Waals surface area contributed by atoms with Crippen molar-refractivity contribution in [2.24, 2.45) is 11.8 Å². The van der Waals surface area contributed by atoms with E-state index in [9.17, 15) is 9.59 Å². The molecule has 2 rings (SSSR count). The van der Waals surface area contributed by atoms with Gasteiger partial charge in [-0.25, -0.2) is 0 Å². The Morgan fingerprint density at radius 1 is 1.33 bits per heavy atom. The van der Waals surface area contributed by atoms with Crippen LogP contribution in [0.25, 0.3) is 0 Å². The van der Waals surface area contributed by atoms with Crippen molar-refractivity contribution in [1.82, 2.24) is 0 Å². The fourth-order valence-electron chi connectivity index (χ4n) is 2.15. The molecule has 0 N–H and O–H groups in total. The minimum Gasteiger partial charge on any atom is -0.466 e. The van der Waals surface area contributed by atoms with E-state index < -0.39 is 6.10 Å². The fourth-order valence-corrected chi connectivity index (χ4v) is 2.42. The van der Waals surface area contributed by atoms with Gasteiger partial charge in [0.2, 0.25) is 0 Å². The average molecular weight is 355 g/mol. The number of hydrogen-bond donors (Lipinski definition) is 0. The molecule has 3 atom stereocenters. The molecule has 0 amide bonds. The number of hydrogen-bond acceptors (Lipinski definition) is 4. The molecule has 1 aromatic rings. The van der Waals surface area contributed by atoms with E-state index in [1.807, 2.05) is 31.2 Å². The van der Waals surface area contributed by atoms with Crippen molar-refractivity contribution >= 4 is 27.9 Å². The van der Waals surface area contributed by atoms with Crippen molar-refractivity contribution in [2.45, 2.75) is 32.8 Å². The molecule has 114 valence electrons. The van der Waals surface area contributed by atoms with Gasteiger partial charge >= 0.3 is 11.9 Å². The van der Waals surface area contributed by atoms with Crippen LogP contribution in [0.2, 0.25) is 0 Å². The molecular formula is C16H19BrO4. The van der Waals surface area contributed by atoms with Gasteiger partial charge in [-0.05, 0) is 37.0 Å². The van der Waals surface area contributed by atoms with Gasteiger partial charge in [0.25, 0.3) is 0 Å². The summed E-state index contributed by atoms with van der Waals surface area (Å²) < 4.78 is 11.4. The lowest BCUT2D eigenvalue weighted by Crippen LogP contribution is -2.18. The molecule has 1 aliphatic carbocycles. The van der Waals surface area contributed by atoms with Crippen LogP contribution < -0.4 is 0 Å². The minimum absolute atomic E-state index is 0.0230. The topological polar surface area (TPSA) is 52.6 Å². The lowest BCUT2D eigenvalue weighted by atomic mass is 10.1. The summed E-state index contributed by atoms with van der Waals surface area (Å²) in [6, 6.07) is 7.41. The second-order valence-corrected chi connectivity index (χ2v) is 6.22. The Morgan fingerprint density at radius 2 is 1.95 bits per heavy atom. The molecule has 21 heavy (non-hydrogen) atoms. The highest BCUT2D eigenvalue weighted by Gasteiger charge is 2.41. The zero-order valence-corrected chi connectivity index (χ0v) is 13.8. The Morgan fingerprint density at radius 3 is 2.48 bits per heavy atom. The monoisotopic (exact) mass is 354 g/mol. The quantitative estimate of drug-likeness (QED) is 0.731. The normalized spacial score (nSPS) is 21.5. The smallest absolute Gasteiger partial charge is 0.309 e. The summed E-state index contributed by atoms with van der Waals surface area (Å²) in [7, 11) is 0. The molecule has 0 bridgehead atoms. The summed E-state index contributed by atoms with van der Waals surface area (Å²) in [5.41, 5.74) is 0.799. The van der Waals surface area contributed by atoms with Crippen LogP contribution in [0.1, 0.15) is 38.4 Å². The summed E-state index contributed by atoms with van der Waals surface area (Å²) in [5.74, 6) is -0.224. The molecule has 4 nitrogen and oxygen atoms in total. The molecule has 0 radical (unpaired) electrons. The number of carbonyl (C=O) groups is 2. The first kappa shape index (κ1) is 16.0. The molecule has 1 fully saturated rings. The molecule has 1 aliphatic rings. The zero-order valence-electron chi connectivity index (χ0n) is 12.2. The van der Waals surface area contributed by atoms with Crippen LogP contribution in [0, 0.1) is 11.8 Å². The predicted octanol–water partition coefficient (Wildman–Crippen LogP) is 3.64. The van der Waals surface area contributed by atoms with Crippen molar-refractivity contribution in [3.8, 4) is 0 Å². The summed E-state index contributed by atoms with van der Waals surface area (Å²) in [5, 5.41) is 0. The number of carbonyl (C=O) groups excluding carboxylic acids is 2. The average Bonchev–Trinajstić information content (AvgIpc) is 3.16. The zero-order chi connectivity index (χ0) is 15.4. The highest BCUT2D eigenvalue weighted by atomic mass is 79.9. The third kappa shape index (κ3) is 4.56. The molecule has 5 heteroatoms. The first-order valence-corrected chi connectivity index (χ1v) is 7.92. The van der Waals surface area contributed by atoms with Crippen molar-refractivity contribution in [1.29, 1.82) is 0 Å². The SMILES string of the molecule is CCOC(=O)C[C@H](OC(=O)[C@@H]1C[C@@H]1C)c1ccc(Br)cc1. The molecule has 0 unspecified atom stereocenters. The summed E-state index contributed by atoms with van der Waals surface area (Å²) >= 11 is 3.36. The van der Waals surface area contributed by atoms with Crippen LogP contribution >= 0.6 is 15.9 Å². The van der Waals surface area contributed by atoms with Gasteiger partial charge < -0.3 is 9.47 Å². The lowest BCUT2D eigenvalue weighted by Gasteiger charge is -2.18. The van der Waals surface area contributed by atoms with Crippen molar-refractivity contribution in [3.63, 3.8) is 0 Å². The molecule has 0 aliphatic heterocycles. The maximum Gasteiger partial charge on any atom is 0.309 e. The van der Waals surface area contributed by atoms with Gasteiger partial charge in [-0.15, -0.1) is 0 Å². The van der Waals surface area contributed by atoms with Crippen molar-refractivity contribution < 1.29 is 19.1 Å². The second-order valence-electron chi connectivity index (χ2n) is 5.31. The molecule has 0 saturated heterocycles. The largest absolute Gasteiger partial charge is 0.466 e. The molecule has 0 heterocycles. The van der Waals surface area contributed by atoms with E-state index in [4.69, 9.17) is 9.47 Å². The van der Waals surface area contributed by atoms with Gasteiger partial charge in [0.1, 0.15) is 6.10 Å². The number of esters is 2. The Bertz CT molecular complexity index is 512. The summed E-state index contributed by atoms with van der Waals surface area (Å²) in [4.78, 5) is 23.7. The molecule has 0 spiro atoms. The van der Waals surface area contributed by atoms with E-state index in [0.717, 1.165) is 16.5 Å². The Labute approximate surface area is 132 Å². The van der Waals surface area contributed by atoms with Gasteiger partial charge in [-0.2, -0.15) is 0 Å². The predicted molar refractivity (Wildman–Crippen MR) is 81.5 cm³/mol. The van der Waals surface area contributed by atoms with Crippen LogP contribution in [0.5, 0.6) is 0 Å². The van der Waals surface area contributed by atoms with Crippen LogP contribution in [0.4, 0.5) is 0 Å². The number of rotatable bonds is 6. The molecule has 1 aromatic carbocycles. The standard InChI is InChI=1S/C16H19BrO4/c1-3-20-15(18)9-14(11-4-6-12(17)7-5-11)21-16(19)13-8-10(13)2/h4-7,10,13-14H,3,8-9H2,1-2H3/t10-,13+,14-/m0/s1. The van der Waals surface area contributed by atoms with Gasteiger partial charge in [0.05, 0.1) is 18.9 Å². The van der Waals surface area contributed by atoms with E-state index >= 15 is 0 Å². The molecular weight excluding hydrogens is 336 g/mol. The van der Waals surface area contributed by atoms with Crippen LogP contribution in [-0.2, 0) is 19.1 Å². The first-order valence-electron chi connectivity index (χ1n) is 7.12. The van der Waals surface area contributed by atoms with E-state index in [-0.39, 0.29) is 24.3 Å². The first-order chi connectivity index (χ1) is 10.0. The fraction of sp³-hybridized carbons (Fsp3) is 0.500. The van der Waals surface area contributed by atoms with Gasteiger partial charge in [-0.3, -0.25) is 9.59 Å². The third-order valence-corrected chi connectivity index (χ3v) is 4.10. The van der Waals surface area contributed by atoms with Crippen LogP contribution in [-0.4, -0.2) is 18.5 Å². The molecule has 1 saturated carbocycles. The number of halogens is 1. The van der Waals surface area contributed by atoms with E-state index in [1.165, 1.54) is 0 Å². The Kier molecular flexibility index (Phi) is 5.39. The van der Waals surface area contributed by atoms with Gasteiger partial charge in [-0.1, -0.05) is 35.0 Å². The van der Waals surface area contributed by atoms with Crippen molar-refractivity contribution in [2.75, 3.05) is 6.61 Å². The highest BCUT2D eigenvalue weighted by molar-refractivity contribution is 9.10. The summed E-state index contributed by atoms with van der Waals surface area (Å²) in [6.07, 6.45) is 0.325. The van der Waals surface area contributed by atoms with Crippen LogP contribution in [0.3, 0.4) is 0 Å². The van der Waals surface area contributed by atoms with Gasteiger partial charge in [0, 0.05) is 4.47 Å². The lowest BCUT2D eigenvalue weighted by molar-refractivity contribution is -0.156. The highest BCUT2D eigenvalue weighted by Crippen LogP contribution is 2.40. The van der Waals surface area contributed by atoms with Crippen molar-refractivity contribution in [3.05, 3.63) is 34.3 Å². The summed E-state index contributed by atoms with van der Waals surface area (Å²) in [6.45, 7) is 4.09. The van der Waals surface area contributed by atoms with Crippen LogP contribution in [0.15, 0.2) is 28.7 Å². The second kappa shape index (κ2) is 7.07. The Hall–Kier alpha value is -1.36. The number of ether oxygens (including phenoxy) is 2. The maximum absolute atomic E-state index is 12.0. The van der Waals surface area contributed by atoms with E-state index in [0.29, 0.717) is 12.5 Å². The third-order valence-electron chi connectivity index (χ3n) is 3.57. The Balaban J connectivity index is 2.07. The maximum atomic E-state index is 12.0. The van der Waals surface area contributed by atoms with E-state index in [1.54, 1.807) is 6.92 Å². The minimum atomic E-state index is -0.586. The van der Waals surface area contributed by atoms with E-state index in [2.05, 4.69) is 15.9 Å². The molecule has 0 aromatic heterocycles. The number of benzene rings is 1. The van der Waals surface area contributed by atoms with Gasteiger partial charge in [0.15, 0.2) is 0 Å².